The van der Waals surface area contributed by atoms with Gasteiger partial charge >= 0.3 is 0 Å². The summed E-state index contributed by atoms with van der Waals surface area (Å²) in [5.74, 6) is 0.771. The minimum atomic E-state index is -0.125. The number of nitrogens with one attached hydrogen (secondary N) is 1. The third kappa shape index (κ3) is 4.04. The summed E-state index contributed by atoms with van der Waals surface area (Å²) < 4.78 is 5.31. The summed E-state index contributed by atoms with van der Waals surface area (Å²) in [7, 11) is 1.63. The SMILES string of the molecule is CCC(NC(=O)CC(C)N)c1ccccc1OC. The van der Waals surface area contributed by atoms with Crippen molar-refractivity contribution in [1.82, 2.24) is 5.32 Å². The van der Waals surface area contributed by atoms with E-state index in [2.05, 4.69) is 5.32 Å². The van der Waals surface area contributed by atoms with E-state index in [-0.39, 0.29) is 18.0 Å². The predicted octanol–water partition coefficient (Wildman–Crippen LogP) is 2.00. The van der Waals surface area contributed by atoms with E-state index in [1.54, 1.807) is 7.11 Å². The molecule has 1 aromatic carbocycles. The minimum absolute atomic E-state index is 0.0252. The lowest BCUT2D eigenvalue weighted by Gasteiger charge is -2.20. The van der Waals surface area contributed by atoms with Crippen molar-refractivity contribution in [2.75, 3.05) is 7.11 Å². The van der Waals surface area contributed by atoms with Crippen LogP contribution >= 0.6 is 0 Å². The number of amides is 1. The number of carbonyl (C=O) groups is 1. The van der Waals surface area contributed by atoms with Gasteiger partial charge in [0.05, 0.1) is 13.2 Å². The molecule has 0 aliphatic carbocycles. The van der Waals surface area contributed by atoms with E-state index < -0.39 is 0 Å². The monoisotopic (exact) mass is 250 g/mol. The number of methoxy groups -OCH3 is 1. The van der Waals surface area contributed by atoms with Crippen LogP contribution in [0.5, 0.6) is 5.75 Å². The van der Waals surface area contributed by atoms with Crippen molar-refractivity contribution in [1.29, 1.82) is 0 Å². The van der Waals surface area contributed by atoms with E-state index in [1.807, 2.05) is 38.1 Å². The van der Waals surface area contributed by atoms with Crippen LogP contribution in [0.4, 0.5) is 0 Å². The van der Waals surface area contributed by atoms with Crippen LogP contribution in [0.15, 0.2) is 24.3 Å². The largest absolute Gasteiger partial charge is 0.496 e. The number of ether oxygens (including phenoxy) is 1. The van der Waals surface area contributed by atoms with Gasteiger partial charge in [-0.05, 0) is 19.4 Å². The Hall–Kier alpha value is -1.55. The van der Waals surface area contributed by atoms with E-state index in [1.165, 1.54) is 0 Å². The van der Waals surface area contributed by atoms with Gasteiger partial charge in [0.2, 0.25) is 5.91 Å². The number of carbonyl (C=O) groups excluding carboxylic acids is 1. The first kappa shape index (κ1) is 14.5. The van der Waals surface area contributed by atoms with Crippen LogP contribution in [0.2, 0.25) is 0 Å². The van der Waals surface area contributed by atoms with Gasteiger partial charge in [-0.3, -0.25) is 4.79 Å². The molecule has 0 saturated heterocycles. The summed E-state index contributed by atoms with van der Waals surface area (Å²) in [6.07, 6.45) is 1.15. The molecule has 100 valence electrons. The second-order valence-corrected chi connectivity index (χ2v) is 4.45. The first-order valence-corrected chi connectivity index (χ1v) is 6.26. The van der Waals surface area contributed by atoms with Gasteiger partial charge in [0.25, 0.3) is 0 Å². The van der Waals surface area contributed by atoms with Crippen molar-refractivity contribution in [3.8, 4) is 5.75 Å². The van der Waals surface area contributed by atoms with Crippen molar-refractivity contribution in [3.63, 3.8) is 0 Å². The van der Waals surface area contributed by atoms with E-state index in [9.17, 15) is 4.79 Å². The second kappa shape index (κ2) is 7.01. The molecule has 2 atom stereocenters. The van der Waals surface area contributed by atoms with Crippen LogP contribution in [-0.4, -0.2) is 19.1 Å². The van der Waals surface area contributed by atoms with Gasteiger partial charge in [0.1, 0.15) is 5.75 Å². The van der Waals surface area contributed by atoms with Gasteiger partial charge < -0.3 is 15.8 Å². The number of para-hydroxylation sites is 1. The molecule has 0 bridgehead atoms. The third-order valence-electron chi connectivity index (χ3n) is 2.77. The lowest BCUT2D eigenvalue weighted by atomic mass is 10.0. The summed E-state index contributed by atoms with van der Waals surface area (Å²) in [6, 6.07) is 7.57. The number of rotatable bonds is 6. The number of hydrogen-bond acceptors (Lipinski definition) is 3. The first-order chi connectivity index (χ1) is 8.58. The highest BCUT2D eigenvalue weighted by atomic mass is 16.5. The molecule has 0 fully saturated rings. The van der Waals surface area contributed by atoms with Crippen LogP contribution in [0.25, 0.3) is 0 Å². The van der Waals surface area contributed by atoms with E-state index in [0.29, 0.717) is 6.42 Å². The maximum Gasteiger partial charge on any atom is 0.222 e. The van der Waals surface area contributed by atoms with Gasteiger partial charge in [0.15, 0.2) is 0 Å². The summed E-state index contributed by atoms with van der Waals surface area (Å²) >= 11 is 0. The Morgan fingerprint density at radius 2 is 2.11 bits per heavy atom. The molecule has 0 aliphatic heterocycles. The van der Waals surface area contributed by atoms with Gasteiger partial charge in [0, 0.05) is 18.0 Å². The van der Waals surface area contributed by atoms with Crippen molar-refractivity contribution in [2.45, 2.75) is 38.8 Å². The topological polar surface area (TPSA) is 64.4 Å². The van der Waals surface area contributed by atoms with Gasteiger partial charge in [-0.1, -0.05) is 25.1 Å². The molecule has 1 amide bonds. The van der Waals surface area contributed by atoms with Crippen molar-refractivity contribution < 1.29 is 9.53 Å². The van der Waals surface area contributed by atoms with Crippen LogP contribution in [-0.2, 0) is 4.79 Å². The molecule has 3 N–H and O–H groups in total. The molecule has 0 aliphatic rings. The Bertz CT molecular complexity index is 391. The Morgan fingerprint density at radius 1 is 1.44 bits per heavy atom. The summed E-state index contributed by atoms with van der Waals surface area (Å²) in [4.78, 5) is 11.8. The fourth-order valence-electron chi connectivity index (χ4n) is 1.90. The Kier molecular flexibility index (Phi) is 5.65. The zero-order chi connectivity index (χ0) is 13.5. The molecular formula is C14H22N2O2. The van der Waals surface area contributed by atoms with E-state index in [0.717, 1.165) is 17.7 Å². The van der Waals surface area contributed by atoms with Crippen LogP contribution in [0.1, 0.15) is 38.3 Å². The average Bonchev–Trinajstić information content (AvgIpc) is 2.35. The fraction of sp³-hybridized carbons (Fsp3) is 0.500. The molecule has 1 aromatic rings. The lowest BCUT2D eigenvalue weighted by Crippen LogP contribution is -2.32. The molecule has 0 radical (unpaired) electrons. The van der Waals surface area contributed by atoms with Crippen molar-refractivity contribution >= 4 is 5.91 Å². The predicted molar refractivity (Wildman–Crippen MR) is 72.4 cm³/mol. The molecule has 2 unspecified atom stereocenters. The Morgan fingerprint density at radius 3 is 2.67 bits per heavy atom. The average molecular weight is 250 g/mol. The summed E-state index contributed by atoms with van der Waals surface area (Å²) in [5.41, 5.74) is 6.62. The van der Waals surface area contributed by atoms with Crippen LogP contribution in [0.3, 0.4) is 0 Å². The normalized spacial score (nSPS) is 13.8. The van der Waals surface area contributed by atoms with Gasteiger partial charge in [-0.2, -0.15) is 0 Å². The highest BCUT2D eigenvalue weighted by Crippen LogP contribution is 2.26. The zero-order valence-corrected chi connectivity index (χ0v) is 11.3. The second-order valence-electron chi connectivity index (χ2n) is 4.45. The maximum absolute atomic E-state index is 11.8. The van der Waals surface area contributed by atoms with Gasteiger partial charge in [-0.15, -0.1) is 0 Å². The highest BCUT2D eigenvalue weighted by Gasteiger charge is 2.16. The quantitative estimate of drug-likeness (QED) is 0.811. The van der Waals surface area contributed by atoms with E-state index >= 15 is 0 Å². The molecular weight excluding hydrogens is 228 g/mol. The Balaban J connectivity index is 2.79. The zero-order valence-electron chi connectivity index (χ0n) is 11.3. The summed E-state index contributed by atoms with van der Waals surface area (Å²) in [5, 5.41) is 2.99. The number of hydrogen-bond donors (Lipinski definition) is 2. The van der Waals surface area contributed by atoms with E-state index in [4.69, 9.17) is 10.5 Å². The standard InChI is InChI=1S/C14H22N2O2/c1-4-12(16-14(17)9-10(2)15)11-7-5-6-8-13(11)18-3/h5-8,10,12H,4,9,15H2,1-3H3,(H,16,17). The molecule has 18 heavy (non-hydrogen) atoms. The molecule has 4 heteroatoms. The molecule has 0 aromatic heterocycles. The van der Waals surface area contributed by atoms with Crippen LogP contribution < -0.4 is 15.8 Å². The fourth-order valence-corrected chi connectivity index (χ4v) is 1.90. The maximum atomic E-state index is 11.8. The number of nitrogens with two attached hydrogens (primary N) is 1. The minimum Gasteiger partial charge on any atom is -0.496 e. The van der Waals surface area contributed by atoms with Crippen molar-refractivity contribution in [2.24, 2.45) is 5.73 Å². The first-order valence-electron chi connectivity index (χ1n) is 6.26. The Labute approximate surface area is 109 Å². The van der Waals surface area contributed by atoms with Crippen LogP contribution in [0, 0.1) is 0 Å². The molecule has 1 rings (SSSR count). The molecule has 0 spiro atoms. The van der Waals surface area contributed by atoms with Crippen molar-refractivity contribution in [3.05, 3.63) is 29.8 Å². The number of benzene rings is 1. The smallest absolute Gasteiger partial charge is 0.222 e. The summed E-state index contributed by atoms with van der Waals surface area (Å²) in [6.45, 7) is 3.85. The molecule has 4 nitrogen and oxygen atoms in total. The lowest BCUT2D eigenvalue weighted by molar-refractivity contribution is -0.122. The third-order valence-corrected chi connectivity index (χ3v) is 2.77. The van der Waals surface area contributed by atoms with Gasteiger partial charge in [-0.25, -0.2) is 0 Å². The molecule has 0 heterocycles. The highest BCUT2D eigenvalue weighted by molar-refractivity contribution is 5.77. The molecule has 0 saturated carbocycles.